The van der Waals surface area contributed by atoms with Crippen LogP contribution in [-0.4, -0.2) is 18.4 Å². The zero-order valence-corrected chi connectivity index (χ0v) is 8.96. The molecule has 0 radical (unpaired) electrons. The van der Waals surface area contributed by atoms with Crippen LogP contribution in [0.4, 0.5) is 5.69 Å². The van der Waals surface area contributed by atoms with E-state index in [9.17, 15) is 4.79 Å². The molecule has 0 unspecified atom stereocenters. The SMILES string of the molecule is C=CCOc1ccc(NC(=O)CCl)cc1. The van der Waals surface area contributed by atoms with Crippen LogP contribution in [0.2, 0.25) is 0 Å². The molecule has 0 bridgehead atoms. The molecule has 0 aliphatic heterocycles. The highest BCUT2D eigenvalue weighted by molar-refractivity contribution is 6.29. The summed E-state index contributed by atoms with van der Waals surface area (Å²) in [6.45, 7) is 4.01. The van der Waals surface area contributed by atoms with Gasteiger partial charge in [0, 0.05) is 5.69 Å². The lowest BCUT2D eigenvalue weighted by molar-refractivity contribution is -0.113. The Morgan fingerprint density at radius 2 is 2.13 bits per heavy atom. The van der Waals surface area contributed by atoms with Crippen LogP contribution >= 0.6 is 11.6 Å². The lowest BCUT2D eigenvalue weighted by Crippen LogP contribution is -2.12. The van der Waals surface area contributed by atoms with E-state index in [2.05, 4.69) is 11.9 Å². The molecule has 1 aromatic rings. The Labute approximate surface area is 93.7 Å². The van der Waals surface area contributed by atoms with Gasteiger partial charge in [-0.2, -0.15) is 0 Å². The molecule has 0 saturated carbocycles. The number of hydrogen-bond acceptors (Lipinski definition) is 2. The summed E-state index contributed by atoms with van der Waals surface area (Å²) in [6.07, 6.45) is 1.67. The second-order valence-electron chi connectivity index (χ2n) is 2.81. The van der Waals surface area contributed by atoms with E-state index in [0.29, 0.717) is 12.3 Å². The van der Waals surface area contributed by atoms with E-state index in [4.69, 9.17) is 16.3 Å². The van der Waals surface area contributed by atoms with Gasteiger partial charge in [0.05, 0.1) is 0 Å². The van der Waals surface area contributed by atoms with Gasteiger partial charge in [-0.15, -0.1) is 11.6 Å². The van der Waals surface area contributed by atoms with Crippen molar-refractivity contribution in [3.05, 3.63) is 36.9 Å². The molecule has 0 aliphatic rings. The van der Waals surface area contributed by atoms with Crippen LogP contribution in [0.25, 0.3) is 0 Å². The quantitative estimate of drug-likeness (QED) is 0.618. The molecule has 0 aliphatic carbocycles. The molecule has 80 valence electrons. The number of amides is 1. The van der Waals surface area contributed by atoms with Crippen LogP contribution in [0, 0.1) is 0 Å². The van der Waals surface area contributed by atoms with Crippen LogP contribution in [-0.2, 0) is 4.79 Å². The summed E-state index contributed by atoms with van der Waals surface area (Å²) >= 11 is 5.35. The second kappa shape index (κ2) is 6.09. The Balaban J connectivity index is 2.55. The van der Waals surface area contributed by atoms with Crippen molar-refractivity contribution in [2.45, 2.75) is 0 Å². The lowest BCUT2D eigenvalue weighted by atomic mass is 10.3. The van der Waals surface area contributed by atoms with Crippen molar-refractivity contribution >= 4 is 23.2 Å². The highest BCUT2D eigenvalue weighted by Crippen LogP contribution is 2.15. The minimum atomic E-state index is -0.226. The van der Waals surface area contributed by atoms with Crippen molar-refractivity contribution in [3.63, 3.8) is 0 Å². The highest BCUT2D eigenvalue weighted by atomic mass is 35.5. The van der Waals surface area contributed by atoms with Crippen molar-refractivity contribution in [2.75, 3.05) is 17.8 Å². The maximum Gasteiger partial charge on any atom is 0.239 e. The number of benzene rings is 1. The molecule has 1 rings (SSSR count). The number of hydrogen-bond donors (Lipinski definition) is 1. The molecular formula is C11H12ClNO2. The van der Waals surface area contributed by atoms with E-state index in [1.54, 1.807) is 30.3 Å². The first kappa shape index (κ1) is 11.6. The van der Waals surface area contributed by atoms with Gasteiger partial charge < -0.3 is 10.1 Å². The van der Waals surface area contributed by atoms with Crippen molar-refractivity contribution < 1.29 is 9.53 Å². The van der Waals surface area contributed by atoms with Gasteiger partial charge in [0.2, 0.25) is 5.91 Å². The third kappa shape index (κ3) is 4.04. The average molecular weight is 226 g/mol. The molecule has 1 aromatic carbocycles. The van der Waals surface area contributed by atoms with Crippen LogP contribution in [0.1, 0.15) is 0 Å². The van der Waals surface area contributed by atoms with E-state index in [0.717, 1.165) is 5.75 Å². The van der Waals surface area contributed by atoms with Crippen LogP contribution < -0.4 is 10.1 Å². The van der Waals surface area contributed by atoms with Gasteiger partial charge in [0.1, 0.15) is 18.2 Å². The number of carbonyl (C=O) groups excluding carboxylic acids is 1. The molecule has 0 fully saturated rings. The summed E-state index contributed by atoms with van der Waals surface area (Å²) in [5, 5.41) is 2.63. The van der Waals surface area contributed by atoms with Gasteiger partial charge in [-0.05, 0) is 24.3 Å². The van der Waals surface area contributed by atoms with E-state index in [1.807, 2.05) is 0 Å². The summed E-state index contributed by atoms with van der Waals surface area (Å²) in [6, 6.07) is 7.05. The fraction of sp³-hybridized carbons (Fsp3) is 0.182. The van der Waals surface area contributed by atoms with Crippen LogP contribution in [0.15, 0.2) is 36.9 Å². The standard InChI is InChI=1S/C11H12ClNO2/c1-2-7-15-10-5-3-9(4-6-10)13-11(14)8-12/h2-6H,1,7-8H2,(H,13,14). The van der Waals surface area contributed by atoms with Crippen LogP contribution in [0.5, 0.6) is 5.75 Å². The molecule has 0 spiro atoms. The maximum absolute atomic E-state index is 11.0. The van der Waals surface area contributed by atoms with Gasteiger partial charge in [-0.25, -0.2) is 0 Å². The fourth-order valence-electron chi connectivity index (χ4n) is 0.984. The van der Waals surface area contributed by atoms with Gasteiger partial charge in [0.25, 0.3) is 0 Å². The van der Waals surface area contributed by atoms with E-state index in [1.165, 1.54) is 0 Å². The largest absolute Gasteiger partial charge is 0.490 e. The van der Waals surface area contributed by atoms with Gasteiger partial charge in [-0.3, -0.25) is 4.79 Å². The van der Waals surface area contributed by atoms with Gasteiger partial charge in [-0.1, -0.05) is 12.7 Å². The molecule has 1 amide bonds. The molecule has 4 heteroatoms. The minimum absolute atomic E-state index is 0.0469. The van der Waals surface area contributed by atoms with Crippen molar-refractivity contribution in [2.24, 2.45) is 0 Å². The van der Waals surface area contributed by atoms with Crippen LogP contribution in [0.3, 0.4) is 0 Å². The topological polar surface area (TPSA) is 38.3 Å². The lowest BCUT2D eigenvalue weighted by Gasteiger charge is -2.05. The number of alkyl halides is 1. The summed E-state index contributed by atoms with van der Waals surface area (Å²) in [5.41, 5.74) is 0.701. The number of ether oxygens (including phenoxy) is 1. The Kier molecular flexibility index (Phi) is 4.71. The second-order valence-corrected chi connectivity index (χ2v) is 3.07. The smallest absolute Gasteiger partial charge is 0.239 e. The predicted octanol–water partition coefficient (Wildman–Crippen LogP) is 2.43. The number of anilines is 1. The Bertz CT molecular complexity index is 335. The first-order valence-corrected chi connectivity index (χ1v) is 4.99. The first-order valence-electron chi connectivity index (χ1n) is 4.46. The Morgan fingerprint density at radius 3 is 2.67 bits per heavy atom. The summed E-state index contributed by atoms with van der Waals surface area (Å²) in [5.74, 6) is 0.463. The Hall–Kier alpha value is -1.48. The zero-order valence-electron chi connectivity index (χ0n) is 8.20. The molecule has 0 aromatic heterocycles. The molecule has 0 atom stereocenters. The Morgan fingerprint density at radius 1 is 1.47 bits per heavy atom. The third-order valence-electron chi connectivity index (χ3n) is 1.63. The van der Waals surface area contributed by atoms with E-state index < -0.39 is 0 Å². The maximum atomic E-state index is 11.0. The summed E-state index contributed by atoms with van der Waals surface area (Å²) in [7, 11) is 0. The third-order valence-corrected chi connectivity index (χ3v) is 1.87. The molecule has 1 N–H and O–H groups in total. The molecule has 0 heterocycles. The molecule has 3 nitrogen and oxygen atoms in total. The molecular weight excluding hydrogens is 214 g/mol. The normalized spacial score (nSPS) is 9.40. The summed E-state index contributed by atoms with van der Waals surface area (Å²) in [4.78, 5) is 11.0. The molecule has 0 saturated heterocycles. The van der Waals surface area contributed by atoms with E-state index in [-0.39, 0.29) is 11.8 Å². The highest BCUT2D eigenvalue weighted by Gasteiger charge is 1.99. The number of carbonyl (C=O) groups is 1. The fourth-order valence-corrected chi connectivity index (χ4v) is 1.05. The number of rotatable bonds is 5. The van der Waals surface area contributed by atoms with Crippen molar-refractivity contribution in [1.29, 1.82) is 0 Å². The van der Waals surface area contributed by atoms with Gasteiger partial charge in [0.15, 0.2) is 0 Å². The minimum Gasteiger partial charge on any atom is -0.490 e. The number of halogens is 1. The van der Waals surface area contributed by atoms with Crippen molar-refractivity contribution in [1.82, 2.24) is 0 Å². The average Bonchev–Trinajstić information content (AvgIpc) is 2.28. The predicted molar refractivity (Wildman–Crippen MR) is 61.5 cm³/mol. The molecule has 15 heavy (non-hydrogen) atoms. The van der Waals surface area contributed by atoms with Gasteiger partial charge >= 0.3 is 0 Å². The zero-order chi connectivity index (χ0) is 11.1. The monoisotopic (exact) mass is 225 g/mol. The summed E-state index contributed by atoms with van der Waals surface area (Å²) < 4.78 is 5.28. The van der Waals surface area contributed by atoms with Crippen molar-refractivity contribution in [3.8, 4) is 5.75 Å². The van der Waals surface area contributed by atoms with E-state index >= 15 is 0 Å². The number of nitrogens with one attached hydrogen (secondary N) is 1. The first-order chi connectivity index (χ1) is 7.26.